The van der Waals surface area contributed by atoms with Gasteiger partial charge < -0.3 is 4.90 Å². The predicted octanol–water partition coefficient (Wildman–Crippen LogP) is 4.22. The molecular formula is C22H28N2O3S. The SMILES string of the molecule is Cc1ccc(NS(=O)(=O)c2cc(C(=O)N3CC(C)CC(C)C3)ccc2C)cc1. The molecule has 3 rings (SSSR count). The number of carbonyl (C=O) groups excluding carboxylic acids is 1. The average Bonchev–Trinajstić information content (AvgIpc) is 2.62. The molecule has 1 aliphatic rings. The van der Waals surface area contributed by atoms with E-state index in [0.29, 0.717) is 41.7 Å². The van der Waals surface area contributed by atoms with E-state index in [1.54, 1.807) is 31.2 Å². The summed E-state index contributed by atoms with van der Waals surface area (Å²) in [5, 5.41) is 0. The van der Waals surface area contributed by atoms with Crippen LogP contribution in [0.3, 0.4) is 0 Å². The Morgan fingerprint density at radius 1 is 1.00 bits per heavy atom. The number of amides is 1. The van der Waals surface area contributed by atoms with Gasteiger partial charge in [-0.1, -0.05) is 37.6 Å². The summed E-state index contributed by atoms with van der Waals surface area (Å²) in [4.78, 5) is 15.0. The van der Waals surface area contributed by atoms with Crippen molar-refractivity contribution in [2.24, 2.45) is 11.8 Å². The molecule has 1 saturated heterocycles. The Morgan fingerprint density at radius 2 is 1.61 bits per heavy atom. The number of carbonyl (C=O) groups is 1. The summed E-state index contributed by atoms with van der Waals surface area (Å²) in [6, 6.07) is 12.1. The number of nitrogens with zero attached hydrogens (tertiary/aromatic N) is 1. The zero-order valence-corrected chi connectivity index (χ0v) is 17.7. The highest BCUT2D eigenvalue weighted by Gasteiger charge is 2.27. The van der Waals surface area contributed by atoms with Crippen LogP contribution in [-0.2, 0) is 10.0 Å². The van der Waals surface area contributed by atoms with Gasteiger partial charge in [-0.2, -0.15) is 0 Å². The van der Waals surface area contributed by atoms with Crippen LogP contribution in [0.2, 0.25) is 0 Å². The van der Waals surface area contributed by atoms with E-state index in [4.69, 9.17) is 0 Å². The molecule has 0 saturated carbocycles. The van der Waals surface area contributed by atoms with Crippen molar-refractivity contribution in [1.82, 2.24) is 4.90 Å². The highest BCUT2D eigenvalue weighted by molar-refractivity contribution is 7.92. The second-order valence-corrected chi connectivity index (χ2v) is 9.76. The van der Waals surface area contributed by atoms with Crippen LogP contribution in [0, 0.1) is 25.7 Å². The number of anilines is 1. The molecule has 0 radical (unpaired) electrons. The summed E-state index contributed by atoms with van der Waals surface area (Å²) in [7, 11) is -3.79. The summed E-state index contributed by atoms with van der Waals surface area (Å²) >= 11 is 0. The van der Waals surface area contributed by atoms with Crippen molar-refractivity contribution in [1.29, 1.82) is 0 Å². The molecule has 2 aromatic carbocycles. The van der Waals surface area contributed by atoms with Crippen molar-refractivity contribution >= 4 is 21.6 Å². The van der Waals surface area contributed by atoms with E-state index in [9.17, 15) is 13.2 Å². The van der Waals surface area contributed by atoms with Crippen LogP contribution in [0.4, 0.5) is 5.69 Å². The van der Waals surface area contributed by atoms with Crippen LogP contribution in [0.1, 0.15) is 41.8 Å². The molecule has 6 heteroatoms. The van der Waals surface area contributed by atoms with E-state index in [-0.39, 0.29) is 10.8 Å². The molecule has 5 nitrogen and oxygen atoms in total. The topological polar surface area (TPSA) is 66.5 Å². The molecule has 0 aliphatic carbocycles. The van der Waals surface area contributed by atoms with Gasteiger partial charge in [-0.05, 0) is 61.9 Å². The Hall–Kier alpha value is -2.34. The first kappa shape index (κ1) is 20.4. The maximum absolute atomic E-state index is 13.0. The fourth-order valence-corrected chi connectivity index (χ4v) is 5.20. The maximum Gasteiger partial charge on any atom is 0.262 e. The molecule has 150 valence electrons. The summed E-state index contributed by atoms with van der Waals surface area (Å²) in [6.45, 7) is 9.39. The summed E-state index contributed by atoms with van der Waals surface area (Å²) in [6.07, 6.45) is 1.11. The Kier molecular flexibility index (Phi) is 5.79. The Balaban J connectivity index is 1.88. The van der Waals surface area contributed by atoms with Gasteiger partial charge in [0.1, 0.15) is 0 Å². The van der Waals surface area contributed by atoms with Crippen LogP contribution in [-0.4, -0.2) is 32.3 Å². The number of benzene rings is 2. The van der Waals surface area contributed by atoms with Crippen LogP contribution in [0.5, 0.6) is 0 Å². The number of aryl methyl sites for hydroxylation is 2. The van der Waals surface area contributed by atoms with Crippen molar-refractivity contribution < 1.29 is 13.2 Å². The van der Waals surface area contributed by atoms with Gasteiger partial charge in [-0.25, -0.2) is 8.42 Å². The van der Waals surface area contributed by atoms with E-state index in [1.165, 1.54) is 6.07 Å². The number of likely N-dealkylation sites (tertiary alicyclic amines) is 1. The highest BCUT2D eigenvalue weighted by atomic mass is 32.2. The first-order valence-corrected chi connectivity index (χ1v) is 11.1. The zero-order valence-electron chi connectivity index (χ0n) is 16.9. The lowest BCUT2D eigenvalue weighted by molar-refractivity contribution is 0.0623. The quantitative estimate of drug-likeness (QED) is 0.835. The van der Waals surface area contributed by atoms with E-state index >= 15 is 0 Å². The van der Waals surface area contributed by atoms with Crippen LogP contribution >= 0.6 is 0 Å². The number of sulfonamides is 1. The first-order valence-electron chi connectivity index (χ1n) is 9.65. The Labute approximate surface area is 167 Å². The Morgan fingerprint density at radius 3 is 2.21 bits per heavy atom. The van der Waals surface area contributed by atoms with Gasteiger partial charge in [0, 0.05) is 24.3 Å². The summed E-state index contributed by atoms with van der Waals surface area (Å²) in [5.41, 5.74) is 2.57. The van der Waals surface area contributed by atoms with Crippen molar-refractivity contribution in [3.63, 3.8) is 0 Å². The minimum absolute atomic E-state index is 0.106. The van der Waals surface area contributed by atoms with Crippen molar-refractivity contribution in [2.45, 2.75) is 39.0 Å². The molecule has 1 fully saturated rings. The lowest BCUT2D eigenvalue weighted by atomic mass is 9.91. The largest absolute Gasteiger partial charge is 0.338 e. The zero-order chi connectivity index (χ0) is 20.5. The molecule has 2 unspecified atom stereocenters. The minimum atomic E-state index is -3.79. The van der Waals surface area contributed by atoms with E-state index in [1.807, 2.05) is 24.0 Å². The third kappa shape index (κ3) is 4.55. The van der Waals surface area contributed by atoms with Gasteiger partial charge in [0.05, 0.1) is 4.90 Å². The third-order valence-electron chi connectivity index (χ3n) is 5.18. The van der Waals surface area contributed by atoms with Crippen molar-refractivity contribution in [2.75, 3.05) is 17.8 Å². The number of rotatable bonds is 4. The third-order valence-corrected chi connectivity index (χ3v) is 6.71. The smallest absolute Gasteiger partial charge is 0.262 e. The highest BCUT2D eigenvalue weighted by Crippen LogP contribution is 2.25. The van der Waals surface area contributed by atoms with Crippen LogP contribution < -0.4 is 4.72 Å². The average molecular weight is 401 g/mol. The molecule has 1 amide bonds. The summed E-state index contributed by atoms with van der Waals surface area (Å²) < 4.78 is 28.5. The molecule has 2 aromatic rings. The molecule has 0 bridgehead atoms. The second kappa shape index (κ2) is 7.95. The molecule has 1 aliphatic heterocycles. The fraction of sp³-hybridized carbons (Fsp3) is 0.409. The van der Waals surface area contributed by atoms with Gasteiger partial charge in [-0.15, -0.1) is 0 Å². The molecule has 2 atom stereocenters. The molecule has 0 aromatic heterocycles. The molecule has 1 heterocycles. The lowest BCUT2D eigenvalue weighted by Crippen LogP contribution is -2.42. The van der Waals surface area contributed by atoms with Crippen LogP contribution in [0.15, 0.2) is 47.4 Å². The van der Waals surface area contributed by atoms with Crippen molar-refractivity contribution in [3.05, 3.63) is 59.2 Å². The number of hydrogen-bond acceptors (Lipinski definition) is 3. The van der Waals surface area contributed by atoms with Crippen LogP contribution in [0.25, 0.3) is 0 Å². The van der Waals surface area contributed by atoms with Crippen molar-refractivity contribution in [3.8, 4) is 0 Å². The summed E-state index contributed by atoms with van der Waals surface area (Å²) in [5.74, 6) is 0.791. The molecule has 1 N–H and O–H groups in total. The van der Waals surface area contributed by atoms with Gasteiger partial charge in [0.25, 0.3) is 15.9 Å². The van der Waals surface area contributed by atoms with Gasteiger partial charge in [0.2, 0.25) is 0 Å². The standard InChI is InChI=1S/C22H28N2O3S/c1-15-5-9-20(10-6-15)23-28(26,27)21-12-19(8-7-18(21)4)22(25)24-13-16(2)11-17(3)14-24/h5-10,12,16-17,23H,11,13-14H2,1-4H3. The molecular weight excluding hydrogens is 372 g/mol. The fourth-order valence-electron chi connectivity index (χ4n) is 3.87. The molecule has 0 spiro atoms. The number of nitrogens with one attached hydrogen (secondary N) is 1. The number of hydrogen-bond donors (Lipinski definition) is 1. The lowest BCUT2D eigenvalue weighted by Gasteiger charge is -2.35. The maximum atomic E-state index is 13.0. The normalized spacial score (nSPS) is 20.1. The van der Waals surface area contributed by atoms with E-state index in [2.05, 4.69) is 18.6 Å². The monoisotopic (exact) mass is 400 g/mol. The van der Waals surface area contributed by atoms with E-state index in [0.717, 1.165) is 12.0 Å². The van der Waals surface area contributed by atoms with Gasteiger partial charge >= 0.3 is 0 Å². The van der Waals surface area contributed by atoms with Gasteiger partial charge in [0.15, 0.2) is 0 Å². The predicted molar refractivity (Wildman–Crippen MR) is 112 cm³/mol. The van der Waals surface area contributed by atoms with Gasteiger partial charge in [-0.3, -0.25) is 9.52 Å². The first-order chi connectivity index (χ1) is 13.2. The number of piperidine rings is 1. The Bertz CT molecular complexity index is 958. The molecule has 28 heavy (non-hydrogen) atoms. The van der Waals surface area contributed by atoms with E-state index < -0.39 is 10.0 Å². The minimum Gasteiger partial charge on any atom is -0.338 e. The second-order valence-electron chi connectivity index (χ2n) is 8.11.